The van der Waals surface area contributed by atoms with Crippen LogP contribution in [0, 0.1) is 0 Å². The van der Waals surface area contributed by atoms with Crippen molar-refractivity contribution in [2.24, 2.45) is 0 Å². The van der Waals surface area contributed by atoms with Crippen LogP contribution in [0.25, 0.3) is 0 Å². The van der Waals surface area contributed by atoms with Crippen molar-refractivity contribution in [2.45, 2.75) is 24.2 Å². The Morgan fingerprint density at radius 3 is 2.41 bits per heavy atom. The van der Waals surface area contributed by atoms with Crippen molar-refractivity contribution >= 4 is 37.6 Å². The van der Waals surface area contributed by atoms with Crippen LogP contribution >= 0.6 is 27.5 Å². The van der Waals surface area contributed by atoms with Crippen molar-refractivity contribution < 1.29 is 8.42 Å². The van der Waals surface area contributed by atoms with Crippen molar-refractivity contribution in [3.63, 3.8) is 0 Å². The number of halogens is 2. The molecule has 6 heteroatoms. The predicted octanol–water partition coefficient (Wildman–Crippen LogP) is 3.28. The Bertz CT molecular complexity index is 512. The van der Waals surface area contributed by atoms with Gasteiger partial charge in [-0.25, -0.2) is 8.42 Å². The molecule has 1 fully saturated rings. The highest BCUT2D eigenvalue weighted by Gasteiger charge is 2.27. The Labute approximate surface area is 115 Å². The van der Waals surface area contributed by atoms with Crippen molar-refractivity contribution in [3.05, 3.63) is 27.7 Å². The van der Waals surface area contributed by atoms with E-state index in [-0.39, 0.29) is 9.92 Å². The predicted molar refractivity (Wildman–Crippen MR) is 71.8 cm³/mol. The summed E-state index contributed by atoms with van der Waals surface area (Å²) in [4.78, 5) is 0.198. The summed E-state index contributed by atoms with van der Waals surface area (Å²) in [6.07, 6.45) is 2.95. The fourth-order valence-electron chi connectivity index (χ4n) is 1.93. The van der Waals surface area contributed by atoms with E-state index in [2.05, 4.69) is 15.9 Å². The number of nitrogens with zero attached hydrogens (tertiary/aromatic N) is 1. The van der Waals surface area contributed by atoms with Gasteiger partial charge in [0.1, 0.15) is 4.90 Å². The van der Waals surface area contributed by atoms with E-state index in [4.69, 9.17) is 11.6 Å². The van der Waals surface area contributed by atoms with Gasteiger partial charge < -0.3 is 0 Å². The van der Waals surface area contributed by atoms with E-state index in [1.54, 1.807) is 18.2 Å². The summed E-state index contributed by atoms with van der Waals surface area (Å²) in [5.41, 5.74) is 0. The highest BCUT2D eigenvalue weighted by Crippen LogP contribution is 2.29. The van der Waals surface area contributed by atoms with Gasteiger partial charge in [0, 0.05) is 17.6 Å². The zero-order chi connectivity index (χ0) is 12.5. The second-order valence-electron chi connectivity index (χ2n) is 4.04. The van der Waals surface area contributed by atoms with Gasteiger partial charge >= 0.3 is 0 Å². The van der Waals surface area contributed by atoms with E-state index in [0.717, 1.165) is 23.7 Å². The lowest BCUT2D eigenvalue weighted by Crippen LogP contribution is -2.35. The monoisotopic (exact) mass is 337 g/mol. The van der Waals surface area contributed by atoms with Crippen LogP contribution in [-0.2, 0) is 10.0 Å². The molecule has 2 rings (SSSR count). The van der Waals surface area contributed by atoms with Gasteiger partial charge in [-0.3, -0.25) is 0 Å². The van der Waals surface area contributed by atoms with Gasteiger partial charge in [0.2, 0.25) is 10.0 Å². The molecule has 94 valence electrons. The molecule has 1 heterocycles. The Morgan fingerprint density at radius 1 is 1.18 bits per heavy atom. The smallest absolute Gasteiger partial charge is 0.207 e. The van der Waals surface area contributed by atoms with Gasteiger partial charge in [-0.1, -0.05) is 34.0 Å². The van der Waals surface area contributed by atoms with E-state index in [9.17, 15) is 8.42 Å². The zero-order valence-corrected chi connectivity index (χ0v) is 12.4. The molecule has 0 atom stereocenters. The van der Waals surface area contributed by atoms with Crippen molar-refractivity contribution in [2.75, 3.05) is 13.1 Å². The molecule has 3 nitrogen and oxygen atoms in total. The Morgan fingerprint density at radius 2 is 1.82 bits per heavy atom. The lowest BCUT2D eigenvalue weighted by atomic mass is 10.2. The molecule has 0 amide bonds. The topological polar surface area (TPSA) is 37.4 Å². The fraction of sp³-hybridized carbons (Fsp3) is 0.455. The molecule has 0 radical (unpaired) electrons. The molecular formula is C11H13BrClNO2S. The standard InChI is InChI=1S/C11H13BrClNO2S/c12-9-4-5-11(10(13)8-9)17(15,16)14-6-2-1-3-7-14/h4-5,8H,1-3,6-7H2. The van der Waals surface area contributed by atoms with Gasteiger partial charge in [-0.05, 0) is 31.0 Å². The number of sulfonamides is 1. The second-order valence-corrected chi connectivity index (χ2v) is 7.27. The number of rotatable bonds is 2. The van der Waals surface area contributed by atoms with Gasteiger partial charge in [-0.15, -0.1) is 0 Å². The highest BCUT2D eigenvalue weighted by atomic mass is 79.9. The molecule has 0 N–H and O–H groups in total. The van der Waals surface area contributed by atoms with E-state index in [0.29, 0.717) is 13.1 Å². The summed E-state index contributed by atoms with van der Waals surface area (Å²) in [5.74, 6) is 0. The van der Waals surface area contributed by atoms with Crippen LogP contribution in [0.3, 0.4) is 0 Å². The van der Waals surface area contributed by atoms with Gasteiger partial charge in [0.05, 0.1) is 5.02 Å². The first kappa shape index (κ1) is 13.3. The van der Waals surface area contributed by atoms with Crippen molar-refractivity contribution in [1.82, 2.24) is 4.31 Å². The van der Waals surface area contributed by atoms with Crippen LogP contribution in [0.5, 0.6) is 0 Å². The molecule has 1 aromatic carbocycles. The lowest BCUT2D eigenvalue weighted by molar-refractivity contribution is 0.346. The summed E-state index contributed by atoms with van der Waals surface area (Å²) in [6.45, 7) is 1.18. The Balaban J connectivity index is 2.37. The third-order valence-corrected chi connectivity index (χ3v) is 5.70. The summed E-state index contributed by atoms with van der Waals surface area (Å²) < 4.78 is 27.0. The maximum Gasteiger partial charge on any atom is 0.244 e. The lowest BCUT2D eigenvalue weighted by Gasteiger charge is -2.26. The molecule has 1 aliphatic rings. The van der Waals surface area contributed by atoms with Crippen LogP contribution in [0.4, 0.5) is 0 Å². The molecule has 17 heavy (non-hydrogen) atoms. The number of benzene rings is 1. The Kier molecular flexibility index (Phi) is 4.13. The number of hydrogen-bond acceptors (Lipinski definition) is 2. The zero-order valence-electron chi connectivity index (χ0n) is 9.20. The molecule has 0 aliphatic carbocycles. The Hall–Kier alpha value is -0.100. The quantitative estimate of drug-likeness (QED) is 0.830. The van der Waals surface area contributed by atoms with Crippen molar-refractivity contribution in [3.8, 4) is 0 Å². The first-order chi connectivity index (χ1) is 8.01. The van der Waals surface area contributed by atoms with Crippen LogP contribution in [0.1, 0.15) is 19.3 Å². The molecular weight excluding hydrogens is 326 g/mol. The second kappa shape index (κ2) is 5.26. The fourth-order valence-corrected chi connectivity index (χ4v) is 4.46. The third kappa shape index (κ3) is 2.84. The SMILES string of the molecule is O=S(=O)(c1ccc(Br)cc1Cl)N1CCCCC1. The van der Waals surface area contributed by atoms with Gasteiger partial charge in [-0.2, -0.15) is 4.31 Å². The normalized spacial score (nSPS) is 18.2. The molecule has 0 saturated carbocycles. The summed E-state index contributed by atoms with van der Waals surface area (Å²) in [7, 11) is -3.43. The minimum atomic E-state index is -3.43. The minimum Gasteiger partial charge on any atom is -0.207 e. The molecule has 0 spiro atoms. The molecule has 1 aliphatic heterocycles. The molecule has 0 bridgehead atoms. The maximum absolute atomic E-state index is 12.3. The number of hydrogen-bond donors (Lipinski definition) is 0. The molecule has 1 saturated heterocycles. The van der Waals surface area contributed by atoms with E-state index in [1.165, 1.54) is 4.31 Å². The third-order valence-electron chi connectivity index (χ3n) is 2.83. The van der Waals surface area contributed by atoms with E-state index in [1.807, 2.05) is 0 Å². The number of piperidine rings is 1. The van der Waals surface area contributed by atoms with Crippen molar-refractivity contribution in [1.29, 1.82) is 0 Å². The van der Waals surface area contributed by atoms with Gasteiger partial charge in [0.15, 0.2) is 0 Å². The molecule has 0 aromatic heterocycles. The van der Waals surface area contributed by atoms with Crippen LogP contribution in [-0.4, -0.2) is 25.8 Å². The van der Waals surface area contributed by atoms with Crippen LogP contribution < -0.4 is 0 Å². The summed E-state index contributed by atoms with van der Waals surface area (Å²) >= 11 is 9.26. The summed E-state index contributed by atoms with van der Waals surface area (Å²) in [6, 6.07) is 4.86. The average molecular weight is 339 g/mol. The highest BCUT2D eigenvalue weighted by molar-refractivity contribution is 9.10. The minimum absolute atomic E-state index is 0.198. The van der Waals surface area contributed by atoms with Crippen LogP contribution in [0.15, 0.2) is 27.6 Å². The van der Waals surface area contributed by atoms with E-state index >= 15 is 0 Å². The van der Waals surface area contributed by atoms with E-state index < -0.39 is 10.0 Å². The average Bonchev–Trinajstić information content (AvgIpc) is 2.29. The maximum atomic E-state index is 12.3. The van der Waals surface area contributed by atoms with Gasteiger partial charge in [0.25, 0.3) is 0 Å². The molecule has 0 unspecified atom stereocenters. The largest absolute Gasteiger partial charge is 0.244 e. The molecule has 1 aromatic rings. The summed E-state index contributed by atoms with van der Waals surface area (Å²) in [5, 5.41) is 0.268. The van der Waals surface area contributed by atoms with Crippen LogP contribution in [0.2, 0.25) is 5.02 Å². The first-order valence-corrected chi connectivity index (χ1v) is 8.08. The first-order valence-electron chi connectivity index (χ1n) is 5.47.